The Balaban J connectivity index is 1.61. The fourth-order valence-electron chi connectivity index (χ4n) is 3.24. The molecule has 0 radical (unpaired) electrons. The predicted molar refractivity (Wildman–Crippen MR) is 119 cm³/mol. The maximum absolute atomic E-state index is 12.7. The Bertz CT molecular complexity index is 924. The van der Waals surface area contributed by atoms with Gasteiger partial charge in [-0.05, 0) is 30.7 Å². The van der Waals surface area contributed by atoms with Gasteiger partial charge >= 0.3 is 0 Å². The average molecular weight is 470 g/mol. The highest BCUT2D eigenvalue weighted by Crippen LogP contribution is 2.26. The summed E-state index contributed by atoms with van der Waals surface area (Å²) in [5.41, 5.74) is 0.460. The van der Waals surface area contributed by atoms with Crippen molar-refractivity contribution in [3.63, 3.8) is 0 Å². The van der Waals surface area contributed by atoms with Crippen molar-refractivity contribution in [1.82, 2.24) is 20.4 Å². The number of H-pyrrole nitrogens is 1. The molecule has 1 fully saturated rings. The Labute approximate surface area is 189 Å². The number of aromatic nitrogens is 2. The zero-order valence-electron chi connectivity index (χ0n) is 16.0. The van der Waals surface area contributed by atoms with E-state index in [1.165, 1.54) is 6.20 Å². The van der Waals surface area contributed by atoms with Crippen molar-refractivity contribution in [3.05, 3.63) is 45.7 Å². The van der Waals surface area contributed by atoms with Crippen LogP contribution in [0.25, 0.3) is 0 Å². The maximum Gasteiger partial charge on any atom is 0.271 e. The maximum atomic E-state index is 12.7. The van der Waals surface area contributed by atoms with Crippen LogP contribution in [-0.4, -0.2) is 57.7 Å². The van der Waals surface area contributed by atoms with Crippen LogP contribution in [0.5, 0.6) is 0 Å². The van der Waals surface area contributed by atoms with Crippen molar-refractivity contribution in [1.29, 1.82) is 0 Å². The van der Waals surface area contributed by atoms with Gasteiger partial charge in [-0.3, -0.25) is 19.5 Å². The Morgan fingerprint density at radius 3 is 2.47 bits per heavy atom. The second-order valence-corrected chi connectivity index (χ2v) is 8.07. The van der Waals surface area contributed by atoms with E-state index in [2.05, 4.69) is 33.5 Å². The number of aromatic amines is 1. The van der Waals surface area contributed by atoms with Crippen molar-refractivity contribution >= 4 is 59.2 Å². The molecule has 160 valence electrons. The van der Waals surface area contributed by atoms with Gasteiger partial charge < -0.3 is 15.5 Å². The molecule has 1 saturated heterocycles. The normalized spacial score (nSPS) is 14.4. The number of hydrogen-bond donors (Lipinski definition) is 4. The van der Waals surface area contributed by atoms with E-state index >= 15 is 0 Å². The minimum absolute atomic E-state index is 0.0755. The summed E-state index contributed by atoms with van der Waals surface area (Å²) in [6.07, 6.45) is 3.05. The Morgan fingerprint density at radius 1 is 1.17 bits per heavy atom. The van der Waals surface area contributed by atoms with E-state index in [9.17, 15) is 14.4 Å². The van der Waals surface area contributed by atoms with E-state index in [1.54, 1.807) is 23.1 Å². The molecule has 1 aliphatic rings. The van der Waals surface area contributed by atoms with E-state index in [-0.39, 0.29) is 38.9 Å². The van der Waals surface area contributed by atoms with Crippen molar-refractivity contribution in [2.75, 3.05) is 24.2 Å². The van der Waals surface area contributed by atoms with Gasteiger partial charge in [0.05, 0.1) is 27.5 Å². The molecule has 0 aliphatic carbocycles. The summed E-state index contributed by atoms with van der Waals surface area (Å²) < 4.78 is 0. The quantitative estimate of drug-likeness (QED) is 0.487. The van der Waals surface area contributed by atoms with E-state index in [1.807, 2.05) is 0 Å². The lowest BCUT2D eigenvalue weighted by Gasteiger charge is -2.32. The zero-order chi connectivity index (χ0) is 21.7. The summed E-state index contributed by atoms with van der Waals surface area (Å²) in [5, 5.41) is 12.4. The number of carbonyl (C=O) groups excluding carboxylic acids is 3. The molecular weight excluding hydrogens is 449 g/mol. The van der Waals surface area contributed by atoms with E-state index in [0.717, 1.165) is 0 Å². The second-order valence-electron chi connectivity index (χ2n) is 6.81. The lowest BCUT2D eigenvalue weighted by Crippen LogP contribution is -2.46. The molecule has 2 heterocycles. The van der Waals surface area contributed by atoms with Gasteiger partial charge in [0, 0.05) is 25.6 Å². The highest BCUT2D eigenvalue weighted by atomic mass is 35.5. The van der Waals surface area contributed by atoms with Gasteiger partial charge in [0.1, 0.15) is 5.69 Å². The van der Waals surface area contributed by atoms with Gasteiger partial charge in [0.2, 0.25) is 5.91 Å². The van der Waals surface area contributed by atoms with Gasteiger partial charge in [-0.25, -0.2) is 0 Å². The topological polar surface area (TPSA) is 107 Å². The van der Waals surface area contributed by atoms with Crippen molar-refractivity contribution in [2.24, 2.45) is 0 Å². The zero-order valence-corrected chi connectivity index (χ0v) is 18.4. The molecule has 1 aromatic heterocycles. The summed E-state index contributed by atoms with van der Waals surface area (Å²) in [6, 6.07) is 4.66. The van der Waals surface area contributed by atoms with Gasteiger partial charge in [-0.2, -0.15) is 17.7 Å². The van der Waals surface area contributed by atoms with E-state index in [4.69, 9.17) is 23.2 Å². The fraction of sp³-hybridized carbons (Fsp3) is 0.368. The summed E-state index contributed by atoms with van der Waals surface area (Å²) in [7, 11) is 0. The first-order valence-corrected chi connectivity index (χ1v) is 10.8. The standard InChI is InChI=1S/C19H21Cl2N5O3S/c20-12-2-1-3-13(21)16(12)18(28)24-14-10-22-25-17(14)19(29)23-11-4-7-26(8-5-11)15(27)6-9-30/h1-3,10-11,30H,4-9H2,(H,22,25)(H,23,29)(H,24,28). The molecule has 0 bridgehead atoms. The molecule has 0 saturated carbocycles. The Hall–Kier alpha value is -2.23. The number of anilines is 1. The molecule has 1 aliphatic heterocycles. The van der Waals surface area contributed by atoms with Gasteiger partial charge in [-0.1, -0.05) is 29.3 Å². The monoisotopic (exact) mass is 469 g/mol. The highest BCUT2D eigenvalue weighted by molar-refractivity contribution is 7.80. The number of carbonyl (C=O) groups is 3. The summed E-state index contributed by atoms with van der Waals surface area (Å²) in [6.45, 7) is 1.16. The van der Waals surface area contributed by atoms with Crippen molar-refractivity contribution in [2.45, 2.75) is 25.3 Å². The van der Waals surface area contributed by atoms with Crippen molar-refractivity contribution < 1.29 is 14.4 Å². The number of hydrogen-bond acceptors (Lipinski definition) is 5. The van der Waals surface area contributed by atoms with Crippen LogP contribution in [0.15, 0.2) is 24.4 Å². The first kappa shape index (κ1) is 22.5. The number of amides is 3. The molecule has 3 N–H and O–H groups in total. The summed E-state index contributed by atoms with van der Waals surface area (Å²) in [5.74, 6) is -0.347. The lowest BCUT2D eigenvalue weighted by molar-refractivity contribution is -0.131. The molecule has 1 aromatic carbocycles. The van der Waals surface area contributed by atoms with Crippen LogP contribution in [0.2, 0.25) is 10.0 Å². The second kappa shape index (κ2) is 10.2. The first-order chi connectivity index (χ1) is 14.4. The molecule has 0 unspecified atom stereocenters. The number of thiol groups is 1. The molecule has 2 aromatic rings. The SMILES string of the molecule is O=C(NC1CCN(C(=O)CCS)CC1)c1[nH]ncc1NC(=O)c1c(Cl)cccc1Cl. The number of halogens is 2. The van der Waals surface area contributed by atoms with Gasteiger partial charge in [0.25, 0.3) is 11.8 Å². The summed E-state index contributed by atoms with van der Waals surface area (Å²) in [4.78, 5) is 39.0. The largest absolute Gasteiger partial charge is 0.348 e. The molecule has 0 spiro atoms. The van der Waals surface area contributed by atoms with Crippen LogP contribution in [-0.2, 0) is 4.79 Å². The number of benzene rings is 1. The number of nitrogens with zero attached hydrogens (tertiary/aromatic N) is 2. The molecule has 3 amide bonds. The van der Waals surface area contributed by atoms with Crippen LogP contribution < -0.4 is 10.6 Å². The molecule has 0 atom stereocenters. The first-order valence-electron chi connectivity index (χ1n) is 9.39. The lowest BCUT2D eigenvalue weighted by atomic mass is 10.0. The Kier molecular flexibility index (Phi) is 7.63. The minimum Gasteiger partial charge on any atom is -0.348 e. The number of rotatable bonds is 6. The van der Waals surface area contributed by atoms with Crippen molar-refractivity contribution in [3.8, 4) is 0 Å². The smallest absolute Gasteiger partial charge is 0.271 e. The Morgan fingerprint density at radius 2 is 1.83 bits per heavy atom. The van der Waals surface area contributed by atoms with Crippen LogP contribution >= 0.6 is 35.8 Å². The third-order valence-corrected chi connectivity index (χ3v) is 5.67. The highest BCUT2D eigenvalue weighted by Gasteiger charge is 2.26. The van der Waals surface area contributed by atoms with Gasteiger partial charge in [0.15, 0.2) is 0 Å². The molecule has 3 rings (SSSR count). The number of likely N-dealkylation sites (tertiary alicyclic amines) is 1. The fourth-order valence-corrected chi connectivity index (χ4v) is 4.00. The third kappa shape index (κ3) is 5.27. The molecule has 8 nitrogen and oxygen atoms in total. The molecule has 11 heteroatoms. The molecular formula is C19H21Cl2N5O3S. The summed E-state index contributed by atoms with van der Waals surface area (Å²) >= 11 is 16.2. The van der Waals surface area contributed by atoms with Crippen LogP contribution in [0.4, 0.5) is 5.69 Å². The third-order valence-electron chi connectivity index (χ3n) is 4.81. The molecule has 30 heavy (non-hydrogen) atoms. The van der Waals surface area contributed by atoms with Crippen LogP contribution in [0.1, 0.15) is 40.1 Å². The van der Waals surface area contributed by atoms with Gasteiger partial charge in [-0.15, -0.1) is 0 Å². The minimum atomic E-state index is -0.544. The van der Waals surface area contributed by atoms with Crippen LogP contribution in [0.3, 0.4) is 0 Å². The number of piperidine rings is 1. The van der Waals surface area contributed by atoms with E-state index < -0.39 is 11.8 Å². The number of nitrogens with one attached hydrogen (secondary N) is 3. The average Bonchev–Trinajstić information content (AvgIpc) is 3.17. The van der Waals surface area contributed by atoms with Crippen LogP contribution in [0, 0.1) is 0 Å². The van der Waals surface area contributed by atoms with E-state index in [0.29, 0.717) is 38.1 Å². The predicted octanol–water partition coefficient (Wildman–Crippen LogP) is 3.01.